The zero-order valence-electron chi connectivity index (χ0n) is 20.7. The molecule has 0 bridgehead atoms. The van der Waals surface area contributed by atoms with Gasteiger partial charge in [-0.05, 0) is 43.4 Å². The number of anilines is 1. The van der Waals surface area contributed by atoms with Gasteiger partial charge in [-0.2, -0.15) is 0 Å². The molecule has 1 unspecified atom stereocenters. The van der Waals surface area contributed by atoms with Crippen molar-refractivity contribution in [1.82, 2.24) is 10.2 Å². The number of hydrogen-bond donors (Lipinski definition) is 1. The fourth-order valence-corrected chi connectivity index (χ4v) is 5.63. The molecule has 8 heteroatoms. The summed E-state index contributed by atoms with van der Waals surface area (Å²) in [5.74, 6) is -0.255. The van der Waals surface area contributed by atoms with Crippen LogP contribution in [-0.4, -0.2) is 50.0 Å². The number of sulfonamides is 1. The second kappa shape index (κ2) is 12.7. The predicted octanol–water partition coefficient (Wildman–Crippen LogP) is 4.10. The van der Waals surface area contributed by atoms with Crippen LogP contribution in [0, 0.1) is 0 Å². The van der Waals surface area contributed by atoms with E-state index in [-0.39, 0.29) is 30.8 Å². The van der Waals surface area contributed by atoms with Crippen LogP contribution in [0.4, 0.5) is 5.69 Å². The Labute approximate surface area is 209 Å². The van der Waals surface area contributed by atoms with Gasteiger partial charge < -0.3 is 10.2 Å². The highest BCUT2D eigenvalue weighted by molar-refractivity contribution is 7.92. The van der Waals surface area contributed by atoms with E-state index >= 15 is 0 Å². The first-order valence-electron chi connectivity index (χ1n) is 12.5. The zero-order chi connectivity index (χ0) is 25.3. The molecule has 0 heterocycles. The highest BCUT2D eigenvalue weighted by atomic mass is 32.2. The molecule has 7 nitrogen and oxygen atoms in total. The van der Waals surface area contributed by atoms with Crippen LogP contribution in [-0.2, 0) is 26.2 Å². The molecule has 0 aliphatic heterocycles. The Morgan fingerprint density at radius 3 is 2.17 bits per heavy atom. The quantitative estimate of drug-likeness (QED) is 0.476. The molecular weight excluding hydrogens is 462 g/mol. The average molecular weight is 500 g/mol. The van der Waals surface area contributed by atoms with Crippen molar-refractivity contribution >= 4 is 27.5 Å². The monoisotopic (exact) mass is 499 g/mol. The van der Waals surface area contributed by atoms with Crippen LogP contribution in [0.25, 0.3) is 0 Å². The van der Waals surface area contributed by atoms with Crippen molar-refractivity contribution in [2.24, 2.45) is 0 Å². The lowest BCUT2D eigenvalue weighted by atomic mass is 10.1. The lowest BCUT2D eigenvalue weighted by Crippen LogP contribution is -2.51. The van der Waals surface area contributed by atoms with Gasteiger partial charge in [0.2, 0.25) is 21.8 Å². The molecule has 1 N–H and O–H groups in total. The van der Waals surface area contributed by atoms with Crippen LogP contribution >= 0.6 is 0 Å². The van der Waals surface area contributed by atoms with E-state index in [0.29, 0.717) is 25.1 Å². The van der Waals surface area contributed by atoms with Crippen molar-refractivity contribution in [2.75, 3.05) is 17.1 Å². The van der Waals surface area contributed by atoms with Gasteiger partial charge in [0, 0.05) is 25.6 Å². The van der Waals surface area contributed by atoms with Gasteiger partial charge in [-0.3, -0.25) is 13.9 Å². The molecule has 1 saturated carbocycles. The Balaban J connectivity index is 1.72. The standard InChI is InChI=1S/C27H37N3O4S/c1-3-25(27(32)28-23-15-10-11-16-23)29(21-22-13-6-4-7-14-22)26(31)19-12-20-30(35(2,33)34)24-17-8-5-9-18-24/h4-9,13-14,17-18,23,25H,3,10-12,15-16,19-21H2,1-2H3,(H,28,32). The molecule has 1 atom stereocenters. The lowest BCUT2D eigenvalue weighted by Gasteiger charge is -2.32. The van der Waals surface area contributed by atoms with Crippen molar-refractivity contribution in [1.29, 1.82) is 0 Å². The molecule has 2 amide bonds. The number of carbonyl (C=O) groups is 2. The normalized spacial score (nSPS) is 14.9. The van der Waals surface area contributed by atoms with Crippen LogP contribution < -0.4 is 9.62 Å². The van der Waals surface area contributed by atoms with Crippen LogP contribution in [0.15, 0.2) is 60.7 Å². The SMILES string of the molecule is CCC(C(=O)NC1CCCC1)N(Cc1ccccc1)C(=O)CCCN(c1ccccc1)S(C)(=O)=O. The van der Waals surface area contributed by atoms with Crippen LogP contribution in [0.1, 0.15) is 57.4 Å². The second-order valence-electron chi connectivity index (χ2n) is 9.20. The van der Waals surface area contributed by atoms with Gasteiger partial charge in [-0.1, -0.05) is 68.3 Å². The van der Waals surface area contributed by atoms with E-state index in [2.05, 4.69) is 5.32 Å². The molecule has 1 aliphatic carbocycles. The molecular formula is C27H37N3O4S. The van der Waals surface area contributed by atoms with Gasteiger partial charge in [0.25, 0.3) is 0 Å². The third kappa shape index (κ3) is 7.82. The molecule has 1 fully saturated rings. The topological polar surface area (TPSA) is 86.8 Å². The molecule has 0 spiro atoms. The summed E-state index contributed by atoms with van der Waals surface area (Å²) in [7, 11) is -3.49. The largest absolute Gasteiger partial charge is 0.352 e. The van der Waals surface area contributed by atoms with Crippen LogP contribution in [0.3, 0.4) is 0 Å². The van der Waals surface area contributed by atoms with E-state index in [4.69, 9.17) is 0 Å². The highest BCUT2D eigenvalue weighted by Gasteiger charge is 2.30. The Bertz CT molecular complexity index is 1050. The Kier molecular flexibility index (Phi) is 9.72. The maximum atomic E-state index is 13.4. The maximum absolute atomic E-state index is 13.4. The summed E-state index contributed by atoms with van der Waals surface area (Å²) < 4.78 is 26.1. The van der Waals surface area contributed by atoms with Gasteiger partial charge >= 0.3 is 0 Å². The van der Waals surface area contributed by atoms with E-state index in [9.17, 15) is 18.0 Å². The van der Waals surface area contributed by atoms with Crippen molar-refractivity contribution in [3.05, 3.63) is 66.2 Å². The van der Waals surface area contributed by atoms with E-state index < -0.39 is 16.1 Å². The van der Waals surface area contributed by atoms with Crippen LogP contribution in [0.5, 0.6) is 0 Å². The lowest BCUT2D eigenvalue weighted by molar-refractivity contribution is -0.141. The summed E-state index contributed by atoms with van der Waals surface area (Å²) in [6.45, 7) is 2.45. The summed E-state index contributed by atoms with van der Waals surface area (Å²) in [6.07, 6.45) is 6.39. The predicted molar refractivity (Wildman–Crippen MR) is 139 cm³/mol. The third-order valence-electron chi connectivity index (χ3n) is 6.48. The molecule has 1 aliphatic rings. The average Bonchev–Trinajstić information content (AvgIpc) is 3.35. The molecule has 2 aromatic rings. The summed E-state index contributed by atoms with van der Waals surface area (Å²) in [6, 6.07) is 18.1. The van der Waals surface area contributed by atoms with Crippen molar-refractivity contribution in [2.45, 2.75) is 70.5 Å². The molecule has 2 aromatic carbocycles. The minimum absolute atomic E-state index is 0.106. The number of carbonyl (C=O) groups excluding carboxylic acids is 2. The summed E-state index contributed by atoms with van der Waals surface area (Å²) in [4.78, 5) is 28.3. The number of benzene rings is 2. The van der Waals surface area contributed by atoms with Gasteiger partial charge in [0.05, 0.1) is 11.9 Å². The van der Waals surface area contributed by atoms with E-state index in [1.807, 2.05) is 43.3 Å². The number of nitrogens with one attached hydrogen (secondary N) is 1. The van der Waals surface area contributed by atoms with Crippen molar-refractivity contribution in [3.63, 3.8) is 0 Å². The number of amides is 2. The molecule has 0 saturated heterocycles. The minimum Gasteiger partial charge on any atom is -0.352 e. The zero-order valence-corrected chi connectivity index (χ0v) is 21.5. The first-order valence-corrected chi connectivity index (χ1v) is 14.3. The molecule has 35 heavy (non-hydrogen) atoms. The van der Waals surface area contributed by atoms with Crippen molar-refractivity contribution < 1.29 is 18.0 Å². The molecule has 0 aromatic heterocycles. The second-order valence-corrected chi connectivity index (χ2v) is 11.1. The fourth-order valence-electron chi connectivity index (χ4n) is 4.67. The van der Waals surface area contributed by atoms with Gasteiger partial charge in [-0.25, -0.2) is 8.42 Å². The van der Waals surface area contributed by atoms with Crippen molar-refractivity contribution in [3.8, 4) is 0 Å². The third-order valence-corrected chi connectivity index (χ3v) is 7.67. The maximum Gasteiger partial charge on any atom is 0.243 e. The van der Waals surface area contributed by atoms with E-state index in [1.165, 1.54) is 10.6 Å². The smallest absolute Gasteiger partial charge is 0.243 e. The summed E-state index contributed by atoms with van der Waals surface area (Å²) in [5, 5.41) is 3.15. The number of nitrogens with zero attached hydrogens (tertiary/aromatic N) is 2. The van der Waals surface area contributed by atoms with Gasteiger partial charge in [-0.15, -0.1) is 0 Å². The molecule has 3 rings (SSSR count). The van der Waals surface area contributed by atoms with E-state index in [1.54, 1.807) is 29.2 Å². The van der Waals surface area contributed by atoms with Gasteiger partial charge in [0.15, 0.2) is 0 Å². The van der Waals surface area contributed by atoms with E-state index in [0.717, 1.165) is 31.2 Å². The Morgan fingerprint density at radius 1 is 1.00 bits per heavy atom. The van der Waals surface area contributed by atoms with Gasteiger partial charge in [0.1, 0.15) is 6.04 Å². The number of para-hydroxylation sites is 1. The summed E-state index contributed by atoms with van der Waals surface area (Å²) in [5.41, 5.74) is 1.53. The number of rotatable bonds is 12. The minimum atomic E-state index is -3.49. The highest BCUT2D eigenvalue weighted by Crippen LogP contribution is 2.21. The Hall–Kier alpha value is -2.87. The fraction of sp³-hybridized carbons (Fsp3) is 0.481. The molecule has 0 radical (unpaired) electrons. The summed E-state index contributed by atoms with van der Waals surface area (Å²) >= 11 is 0. The Morgan fingerprint density at radius 2 is 1.60 bits per heavy atom. The molecule has 190 valence electrons. The first kappa shape index (κ1) is 26.7. The van der Waals surface area contributed by atoms with Crippen LogP contribution in [0.2, 0.25) is 0 Å². The first-order chi connectivity index (χ1) is 16.8. The number of hydrogen-bond acceptors (Lipinski definition) is 4.